The molecule has 0 aliphatic rings. The van der Waals surface area contributed by atoms with Gasteiger partial charge in [-0.1, -0.05) is 59.3 Å². The van der Waals surface area contributed by atoms with Crippen LogP contribution in [0.3, 0.4) is 0 Å². The summed E-state index contributed by atoms with van der Waals surface area (Å²) in [6.07, 6.45) is 3.77. The van der Waals surface area contributed by atoms with Crippen LogP contribution >= 0.6 is 34.3 Å². The molecule has 0 fully saturated rings. The van der Waals surface area contributed by atoms with Gasteiger partial charge in [0.25, 0.3) is 5.56 Å². The third kappa shape index (κ3) is 3.68. The quantitative estimate of drug-likeness (QED) is 0.353. The summed E-state index contributed by atoms with van der Waals surface area (Å²) in [5, 5.41) is 11.8. The standard InChI is InChI=1S/C24H14ClN5OS2/c25-17-10-8-15(9-11-17)21-16(14-29(27-21)18-5-2-1-3-6-18)13-20-23(31)30-24(33-20)26-22(28-30)19-7-4-12-32-19/h1-14H. The average Bonchev–Trinajstić information content (AvgIpc) is 3.62. The predicted molar refractivity (Wildman–Crippen MR) is 133 cm³/mol. The summed E-state index contributed by atoms with van der Waals surface area (Å²) in [7, 11) is 0. The molecular formula is C24H14ClN5OS2. The number of benzene rings is 2. The van der Waals surface area contributed by atoms with Crippen LogP contribution < -0.4 is 10.1 Å². The second-order valence-electron chi connectivity index (χ2n) is 7.24. The van der Waals surface area contributed by atoms with Crippen LogP contribution in [0.5, 0.6) is 0 Å². The normalized spacial score (nSPS) is 12.1. The largest absolute Gasteiger partial charge is 0.291 e. The number of thiazole rings is 1. The highest BCUT2D eigenvalue weighted by Gasteiger charge is 2.15. The summed E-state index contributed by atoms with van der Waals surface area (Å²) in [6, 6.07) is 21.2. The van der Waals surface area contributed by atoms with E-state index in [-0.39, 0.29) is 5.56 Å². The van der Waals surface area contributed by atoms with Gasteiger partial charge in [0.2, 0.25) is 4.96 Å². The molecule has 4 aromatic heterocycles. The highest BCUT2D eigenvalue weighted by molar-refractivity contribution is 7.15. The van der Waals surface area contributed by atoms with Crippen molar-refractivity contribution in [3.63, 3.8) is 0 Å². The molecule has 4 heterocycles. The third-order valence-corrected chi connectivity index (χ3v) is 7.17. The maximum atomic E-state index is 13.1. The van der Waals surface area contributed by atoms with Gasteiger partial charge in [0, 0.05) is 22.3 Å². The number of nitrogens with zero attached hydrogens (tertiary/aromatic N) is 5. The van der Waals surface area contributed by atoms with E-state index in [1.54, 1.807) is 11.3 Å². The van der Waals surface area contributed by atoms with Crippen LogP contribution in [0.15, 0.2) is 83.1 Å². The molecule has 0 radical (unpaired) electrons. The molecule has 160 valence electrons. The number of para-hydroxylation sites is 1. The predicted octanol–water partition coefficient (Wildman–Crippen LogP) is 4.93. The summed E-state index contributed by atoms with van der Waals surface area (Å²) in [5.74, 6) is 0.568. The van der Waals surface area contributed by atoms with Gasteiger partial charge in [-0.05, 0) is 41.8 Å². The summed E-state index contributed by atoms with van der Waals surface area (Å²) in [5.41, 5.74) is 3.22. The van der Waals surface area contributed by atoms with Gasteiger partial charge < -0.3 is 0 Å². The van der Waals surface area contributed by atoms with Crippen molar-refractivity contribution < 1.29 is 0 Å². The zero-order valence-corrected chi connectivity index (χ0v) is 19.3. The van der Waals surface area contributed by atoms with E-state index in [0.29, 0.717) is 20.3 Å². The number of thiophene rings is 1. The molecule has 0 unspecified atom stereocenters. The summed E-state index contributed by atoms with van der Waals surface area (Å²) < 4.78 is 3.73. The van der Waals surface area contributed by atoms with Crippen LogP contribution in [0.2, 0.25) is 5.02 Å². The fourth-order valence-electron chi connectivity index (χ4n) is 3.52. The molecule has 9 heteroatoms. The monoisotopic (exact) mass is 487 g/mol. The molecule has 0 saturated carbocycles. The Labute approximate surface area is 200 Å². The van der Waals surface area contributed by atoms with Crippen LogP contribution in [0, 0.1) is 0 Å². The molecule has 0 spiro atoms. The number of aromatic nitrogens is 5. The van der Waals surface area contributed by atoms with Gasteiger partial charge in [0.15, 0.2) is 5.82 Å². The molecule has 0 aliphatic carbocycles. The molecule has 0 aliphatic heterocycles. The van der Waals surface area contributed by atoms with Crippen molar-refractivity contribution in [1.82, 2.24) is 24.4 Å². The van der Waals surface area contributed by atoms with Crippen LogP contribution in [-0.2, 0) is 0 Å². The van der Waals surface area contributed by atoms with E-state index in [1.807, 2.05) is 89.1 Å². The van der Waals surface area contributed by atoms with Crippen molar-refractivity contribution in [3.8, 4) is 27.6 Å². The number of hydrogen-bond acceptors (Lipinski definition) is 6. The molecule has 0 N–H and O–H groups in total. The van der Waals surface area contributed by atoms with E-state index in [1.165, 1.54) is 15.9 Å². The number of rotatable bonds is 4. The van der Waals surface area contributed by atoms with Gasteiger partial charge in [-0.15, -0.1) is 16.4 Å². The first-order valence-electron chi connectivity index (χ1n) is 10.0. The Hall–Kier alpha value is -3.59. The van der Waals surface area contributed by atoms with Gasteiger partial charge in [0.1, 0.15) is 5.69 Å². The summed E-state index contributed by atoms with van der Waals surface area (Å²) >= 11 is 8.94. The molecule has 0 amide bonds. The van der Waals surface area contributed by atoms with Crippen molar-refractivity contribution in [2.45, 2.75) is 0 Å². The Bertz CT molecular complexity index is 1680. The smallest absolute Gasteiger partial charge is 0.266 e. The lowest BCUT2D eigenvalue weighted by molar-refractivity contribution is 0.884. The van der Waals surface area contributed by atoms with E-state index in [2.05, 4.69) is 10.1 Å². The number of hydrogen-bond donors (Lipinski definition) is 0. The molecule has 6 rings (SSSR count). The topological polar surface area (TPSA) is 65.1 Å². The van der Waals surface area contributed by atoms with Gasteiger partial charge in [-0.25, -0.2) is 4.68 Å². The fourth-order valence-corrected chi connectivity index (χ4v) is 5.20. The zero-order valence-electron chi connectivity index (χ0n) is 16.9. The summed E-state index contributed by atoms with van der Waals surface area (Å²) in [4.78, 5) is 19.1. The second kappa shape index (κ2) is 8.08. The van der Waals surface area contributed by atoms with Gasteiger partial charge in [-0.3, -0.25) is 4.79 Å². The van der Waals surface area contributed by atoms with E-state index in [4.69, 9.17) is 16.7 Å². The molecule has 0 bridgehead atoms. The highest BCUT2D eigenvalue weighted by Crippen LogP contribution is 2.26. The van der Waals surface area contributed by atoms with Gasteiger partial charge in [0.05, 0.1) is 15.1 Å². The molecule has 33 heavy (non-hydrogen) atoms. The van der Waals surface area contributed by atoms with Crippen molar-refractivity contribution in [3.05, 3.63) is 104 Å². The molecule has 0 atom stereocenters. The van der Waals surface area contributed by atoms with E-state index < -0.39 is 0 Å². The maximum absolute atomic E-state index is 13.1. The van der Waals surface area contributed by atoms with E-state index in [0.717, 1.165) is 27.4 Å². The Morgan fingerprint density at radius 2 is 1.76 bits per heavy atom. The minimum Gasteiger partial charge on any atom is -0.266 e. The minimum atomic E-state index is -0.195. The Morgan fingerprint density at radius 3 is 2.48 bits per heavy atom. The van der Waals surface area contributed by atoms with Crippen molar-refractivity contribution in [1.29, 1.82) is 0 Å². The first-order chi connectivity index (χ1) is 16.2. The molecule has 6 nitrogen and oxygen atoms in total. The van der Waals surface area contributed by atoms with E-state index >= 15 is 0 Å². The Balaban J connectivity index is 1.51. The molecule has 6 aromatic rings. The Morgan fingerprint density at radius 1 is 0.939 bits per heavy atom. The fraction of sp³-hybridized carbons (Fsp3) is 0. The SMILES string of the molecule is O=c1c(=Cc2cn(-c3ccccc3)nc2-c2ccc(Cl)cc2)sc2nc(-c3cccs3)nn12. The van der Waals surface area contributed by atoms with Crippen LogP contribution in [-0.4, -0.2) is 24.4 Å². The molecule has 0 saturated heterocycles. The number of fused-ring (bicyclic) bond motifs is 1. The number of halogens is 1. The Kier molecular flexibility index (Phi) is 4.91. The first-order valence-corrected chi connectivity index (χ1v) is 12.1. The first kappa shape index (κ1) is 20.0. The lowest BCUT2D eigenvalue weighted by Gasteiger charge is -2.00. The zero-order chi connectivity index (χ0) is 22.4. The van der Waals surface area contributed by atoms with Gasteiger partial charge in [-0.2, -0.15) is 14.6 Å². The second-order valence-corrected chi connectivity index (χ2v) is 9.64. The van der Waals surface area contributed by atoms with Crippen molar-refractivity contribution >= 4 is 45.3 Å². The maximum Gasteiger partial charge on any atom is 0.291 e. The lowest BCUT2D eigenvalue weighted by Crippen LogP contribution is -2.23. The summed E-state index contributed by atoms with van der Waals surface area (Å²) in [6.45, 7) is 0. The van der Waals surface area contributed by atoms with E-state index in [9.17, 15) is 4.79 Å². The van der Waals surface area contributed by atoms with Crippen LogP contribution in [0.4, 0.5) is 0 Å². The van der Waals surface area contributed by atoms with Crippen LogP contribution in [0.1, 0.15) is 5.56 Å². The lowest BCUT2D eigenvalue weighted by atomic mass is 10.1. The van der Waals surface area contributed by atoms with Gasteiger partial charge >= 0.3 is 0 Å². The highest BCUT2D eigenvalue weighted by atomic mass is 35.5. The van der Waals surface area contributed by atoms with Crippen molar-refractivity contribution in [2.24, 2.45) is 0 Å². The average molecular weight is 488 g/mol. The third-order valence-electron chi connectivity index (χ3n) is 5.09. The van der Waals surface area contributed by atoms with Crippen molar-refractivity contribution in [2.75, 3.05) is 0 Å². The van der Waals surface area contributed by atoms with Crippen LogP contribution in [0.25, 0.3) is 38.7 Å². The molecular weight excluding hydrogens is 474 g/mol. The minimum absolute atomic E-state index is 0.195. The molecule has 2 aromatic carbocycles.